The standard InChI is InChI=1S/C34H39N3O2/c1-5-6-7-14-31(39)37-29-13-9-8-12-27(29)36-28-20-25(23-15-17-26(18-16-23)34(2,3)4)21-30(38)32(28)33(37)24-11-10-19-35-22-24/h8-13,15-19,22,25,33,36H,5-7,14,20-21H2,1-4H3/t25-,33-/m1/s1. The number of fused-ring (bicyclic) bond motifs is 1. The summed E-state index contributed by atoms with van der Waals surface area (Å²) in [6, 6.07) is 20.0. The second kappa shape index (κ2) is 11.2. The van der Waals surface area contributed by atoms with Crippen molar-refractivity contribution >= 4 is 23.1 Å². The molecule has 1 amide bonds. The first-order chi connectivity index (χ1) is 18.8. The van der Waals surface area contributed by atoms with Gasteiger partial charge in [-0.3, -0.25) is 19.5 Å². The molecule has 1 aliphatic carbocycles. The van der Waals surface area contributed by atoms with Gasteiger partial charge in [0.25, 0.3) is 0 Å². The molecule has 0 saturated carbocycles. The summed E-state index contributed by atoms with van der Waals surface area (Å²) in [5.41, 5.74) is 6.64. The van der Waals surface area contributed by atoms with Crippen LogP contribution in [0.4, 0.5) is 11.4 Å². The summed E-state index contributed by atoms with van der Waals surface area (Å²) in [5, 5.41) is 3.62. The Bertz CT molecular complexity index is 1370. The maximum atomic E-state index is 14.1. The maximum absolute atomic E-state index is 14.1. The van der Waals surface area contributed by atoms with Gasteiger partial charge < -0.3 is 5.32 Å². The van der Waals surface area contributed by atoms with Crippen LogP contribution in [0.3, 0.4) is 0 Å². The first-order valence-electron chi connectivity index (χ1n) is 14.2. The van der Waals surface area contributed by atoms with Crippen molar-refractivity contribution < 1.29 is 9.59 Å². The third kappa shape index (κ3) is 5.54. The Morgan fingerprint density at radius 3 is 2.44 bits per heavy atom. The highest BCUT2D eigenvalue weighted by atomic mass is 16.2. The highest BCUT2D eigenvalue weighted by Gasteiger charge is 2.41. The molecule has 1 aliphatic heterocycles. The topological polar surface area (TPSA) is 62.3 Å². The van der Waals surface area contributed by atoms with Gasteiger partial charge in [-0.1, -0.05) is 83.0 Å². The molecule has 5 heteroatoms. The van der Waals surface area contributed by atoms with Crippen LogP contribution >= 0.6 is 0 Å². The number of carbonyl (C=O) groups is 2. The third-order valence-corrected chi connectivity index (χ3v) is 8.00. The van der Waals surface area contributed by atoms with Gasteiger partial charge in [0.2, 0.25) is 5.91 Å². The molecule has 0 radical (unpaired) electrons. The lowest BCUT2D eigenvalue weighted by atomic mass is 9.77. The van der Waals surface area contributed by atoms with Crippen molar-refractivity contribution in [1.82, 2.24) is 4.98 Å². The van der Waals surface area contributed by atoms with Gasteiger partial charge in [-0.25, -0.2) is 0 Å². The predicted molar refractivity (Wildman–Crippen MR) is 158 cm³/mol. The number of allylic oxidation sites excluding steroid dienone is 1. The second-order valence-corrected chi connectivity index (χ2v) is 11.8. The number of ketones is 1. The minimum absolute atomic E-state index is 0.0352. The summed E-state index contributed by atoms with van der Waals surface area (Å²) in [7, 11) is 0. The number of amides is 1. The molecule has 2 heterocycles. The van der Waals surface area contributed by atoms with Crippen LogP contribution in [0, 0.1) is 0 Å². The Hall–Kier alpha value is -3.73. The molecule has 2 aliphatic rings. The monoisotopic (exact) mass is 521 g/mol. The number of carbonyl (C=O) groups excluding carboxylic acids is 2. The lowest BCUT2D eigenvalue weighted by Gasteiger charge is -2.35. The number of hydrogen-bond donors (Lipinski definition) is 1. The molecule has 5 nitrogen and oxygen atoms in total. The summed E-state index contributed by atoms with van der Waals surface area (Å²) in [6.45, 7) is 8.77. The third-order valence-electron chi connectivity index (χ3n) is 8.00. The zero-order chi connectivity index (χ0) is 27.6. The molecular formula is C34H39N3O2. The van der Waals surface area contributed by atoms with E-state index in [1.807, 2.05) is 41.3 Å². The van der Waals surface area contributed by atoms with Crippen molar-refractivity contribution in [2.24, 2.45) is 0 Å². The van der Waals surface area contributed by atoms with Crippen LogP contribution < -0.4 is 10.2 Å². The van der Waals surface area contributed by atoms with Gasteiger partial charge >= 0.3 is 0 Å². The van der Waals surface area contributed by atoms with E-state index < -0.39 is 6.04 Å². The number of pyridine rings is 1. The van der Waals surface area contributed by atoms with Gasteiger partial charge in [-0.05, 0) is 59.1 Å². The summed E-state index contributed by atoms with van der Waals surface area (Å²) < 4.78 is 0. The van der Waals surface area contributed by atoms with Gasteiger partial charge in [0.1, 0.15) is 0 Å². The number of benzene rings is 2. The quantitative estimate of drug-likeness (QED) is 0.335. The van der Waals surface area contributed by atoms with Gasteiger partial charge in [0, 0.05) is 36.5 Å². The lowest BCUT2D eigenvalue weighted by molar-refractivity contribution is -0.119. The zero-order valence-corrected chi connectivity index (χ0v) is 23.5. The average Bonchev–Trinajstić information content (AvgIpc) is 3.08. The number of nitrogens with zero attached hydrogens (tertiary/aromatic N) is 2. The fourth-order valence-corrected chi connectivity index (χ4v) is 5.86. The van der Waals surface area contributed by atoms with E-state index in [4.69, 9.17) is 0 Å². The van der Waals surface area contributed by atoms with E-state index in [0.29, 0.717) is 24.8 Å². The Balaban J connectivity index is 1.60. The molecule has 1 aromatic heterocycles. The zero-order valence-electron chi connectivity index (χ0n) is 23.5. The van der Waals surface area contributed by atoms with Crippen molar-refractivity contribution in [1.29, 1.82) is 0 Å². The van der Waals surface area contributed by atoms with Crippen LogP contribution in [-0.2, 0) is 15.0 Å². The second-order valence-electron chi connectivity index (χ2n) is 11.8. The summed E-state index contributed by atoms with van der Waals surface area (Å²) in [6.07, 6.45) is 7.96. The number of aromatic nitrogens is 1. The number of para-hydroxylation sites is 2. The van der Waals surface area contributed by atoms with E-state index in [9.17, 15) is 9.59 Å². The van der Waals surface area contributed by atoms with E-state index in [-0.39, 0.29) is 23.0 Å². The summed E-state index contributed by atoms with van der Waals surface area (Å²) >= 11 is 0. The molecule has 39 heavy (non-hydrogen) atoms. The molecule has 3 aromatic rings. The molecule has 5 rings (SSSR count). The first kappa shape index (κ1) is 26.9. The van der Waals surface area contributed by atoms with Crippen LogP contribution in [0.5, 0.6) is 0 Å². The van der Waals surface area contributed by atoms with E-state index in [0.717, 1.165) is 41.9 Å². The molecule has 0 saturated heterocycles. The molecule has 0 unspecified atom stereocenters. The Labute approximate surface area is 232 Å². The van der Waals surface area contributed by atoms with Crippen molar-refractivity contribution in [3.05, 3.63) is 101 Å². The summed E-state index contributed by atoms with van der Waals surface area (Å²) in [4.78, 5) is 34.2. The molecule has 0 spiro atoms. The van der Waals surface area contributed by atoms with E-state index in [1.165, 1.54) is 11.1 Å². The normalized spacial score (nSPS) is 19.2. The van der Waals surface area contributed by atoms with Crippen molar-refractivity contribution in [3.8, 4) is 0 Å². The molecule has 0 bridgehead atoms. The van der Waals surface area contributed by atoms with E-state index in [1.54, 1.807) is 12.4 Å². The number of rotatable bonds is 6. The van der Waals surface area contributed by atoms with Crippen LogP contribution in [0.1, 0.15) is 94.9 Å². The molecule has 2 aromatic carbocycles. The first-order valence-corrected chi connectivity index (χ1v) is 14.2. The van der Waals surface area contributed by atoms with E-state index >= 15 is 0 Å². The predicted octanol–water partition coefficient (Wildman–Crippen LogP) is 7.86. The highest BCUT2D eigenvalue weighted by molar-refractivity contribution is 6.06. The Kier molecular flexibility index (Phi) is 7.69. The molecule has 2 atom stereocenters. The molecule has 0 fully saturated rings. The molecule has 202 valence electrons. The molecule has 1 N–H and O–H groups in total. The van der Waals surface area contributed by atoms with Crippen molar-refractivity contribution in [2.45, 2.75) is 83.6 Å². The fraction of sp³-hybridized carbons (Fsp3) is 0.382. The van der Waals surface area contributed by atoms with Gasteiger partial charge in [-0.2, -0.15) is 0 Å². The SMILES string of the molecule is CCCCCC(=O)N1c2ccccc2NC2=C(C(=O)C[C@H](c3ccc(C(C)(C)C)cc3)C2)[C@H]1c1cccnc1. The Morgan fingerprint density at radius 1 is 0.974 bits per heavy atom. The van der Waals surface area contributed by atoms with Crippen LogP contribution in [0.15, 0.2) is 84.3 Å². The van der Waals surface area contributed by atoms with Crippen LogP contribution in [0.25, 0.3) is 0 Å². The fourth-order valence-electron chi connectivity index (χ4n) is 5.86. The van der Waals surface area contributed by atoms with Crippen LogP contribution in [0.2, 0.25) is 0 Å². The lowest BCUT2D eigenvalue weighted by Crippen LogP contribution is -2.38. The minimum Gasteiger partial charge on any atom is -0.357 e. The summed E-state index contributed by atoms with van der Waals surface area (Å²) in [5.74, 6) is 0.195. The van der Waals surface area contributed by atoms with E-state index in [2.05, 4.69) is 62.3 Å². The maximum Gasteiger partial charge on any atom is 0.227 e. The number of unbranched alkanes of at least 4 members (excludes halogenated alkanes) is 2. The Morgan fingerprint density at radius 2 is 1.74 bits per heavy atom. The van der Waals surface area contributed by atoms with Gasteiger partial charge in [0.15, 0.2) is 5.78 Å². The smallest absolute Gasteiger partial charge is 0.227 e. The number of nitrogens with one attached hydrogen (secondary N) is 1. The largest absolute Gasteiger partial charge is 0.357 e. The number of Topliss-reactive ketones (excluding diaryl/α,β-unsaturated/α-hetero) is 1. The van der Waals surface area contributed by atoms with Crippen molar-refractivity contribution in [2.75, 3.05) is 10.2 Å². The minimum atomic E-state index is -0.518. The number of anilines is 2. The van der Waals surface area contributed by atoms with Gasteiger partial charge in [-0.15, -0.1) is 0 Å². The van der Waals surface area contributed by atoms with Crippen molar-refractivity contribution in [3.63, 3.8) is 0 Å². The molecular weight excluding hydrogens is 482 g/mol. The van der Waals surface area contributed by atoms with Gasteiger partial charge in [0.05, 0.1) is 17.4 Å². The average molecular weight is 522 g/mol. The highest BCUT2D eigenvalue weighted by Crippen LogP contribution is 2.47. The van der Waals surface area contributed by atoms with Crippen LogP contribution in [-0.4, -0.2) is 16.7 Å². The number of hydrogen-bond acceptors (Lipinski definition) is 4.